The second-order valence-electron chi connectivity index (χ2n) is 10.4. The molecule has 7 rings (SSSR count). The molecule has 1 aliphatic rings. The number of anilines is 2. The molecule has 0 radical (unpaired) electrons. The van der Waals surface area contributed by atoms with Crippen molar-refractivity contribution in [3.63, 3.8) is 0 Å². The van der Waals surface area contributed by atoms with Crippen LogP contribution in [0.1, 0.15) is 22.3 Å². The van der Waals surface area contributed by atoms with E-state index in [0.717, 1.165) is 11.1 Å². The van der Waals surface area contributed by atoms with Crippen molar-refractivity contribution in [3.05, 3.63) is 168 Å². The smallest absolute Gasteiger partial charge is 0.129 e. The molecule has 6 aromatic rings. The minimum Gasteiger partial charge on any atom is -0.457 e. The van der Waals surface area contributed by atoms with Crippen molar-refractivity contribution < 1.29 is 19.9 Å². The van der Waals surface area contributed by atoms with Gasteiger partial charge in [0.05, 0.1) is 16.8 Å². The molecule has 6 heteroatoms. The van der Waals surface area contributed by atoms with E-state index >= 15 is 0 Å². The molecule has 0 unspecified atom stereocenters. The van der Waals surface area contributed by atoms with Crippen LogP contribution in [0, 0.1) is 0 Å². The van der Waals surface area contributed by atoms with Gasteiger partial charge in [0.15, 0.2) is 0 Å². The number of hydrogen-bond acceptors (Lipinski definition) is 6. The van der Waals surface area contributed by atoms with Crippen LogP contribution in [-0.2, 0) is 5.41 Å². The first-order valence-corrected chi connectivity index (χ1v) is 14.0. The molecule has 1 aliphatic carbocycles. The van der Waals surface area contributed by atoms with Gasteiger partial charge in [-0.3, -0.25) is 21.4 Å². The molecular weight excluding hydrogens is 536 g/mol. The van der Waals surface area contributed by atoms with Crippen molar-refractivity contribution in [2.45, 2.75) is 5.41 Å². The van der Waals surface area contributed by atoms with Crippen molar-refractivity contribution in [3.8, 4) is 34.1 Å². The predicted molar refractivity (Wildman–Crippen MR) is 168 cm³/mol. The zero-order valence-electron chi connectivity index (χ0n) is 23.1. The third-order valence-electron chi connectivity index (χ3n) is 7.92. The minimum atomic E-state index is -0.564. The highest BCUT2D eigenvalue weighted by molar-refractivity contribution is 5.86. The van der Waals surface area contributed by atoms with Crippen LogP contribution in [0.5, 0.6) is 23.0 Å². The van der Waals surface area contributed by atoms with Crippen LogP contribution in [0.25, 0.3) is 11.1 Å². The molecule has 0 fully saturated rings. The molecule has 43 heavy (non-hydrogen) atoms. The normalized spacial score (nSPS) is 12.6. The van der Waals surface area contributed by atoms with Crippen molar-refractivity contribution in [1.29, 1.82) is 0 Å². The summed E-state index contributed by atoms with van der Waals surface area (Å²) in [6, 6.07) is 47.9. The summed E-state index contributed by atoms with van der Waals surface area (Å²) < 4.78 is 12.2. The van der Waals surface area contributed by atoms with Crippen LogP contribution in [0.4, 0.5) is 11.4 Å². The van der Waals surface area contributed by atoms with Gasteiger partial charge in [-0.1, -0.05) is 84.9 Å². The lowest BCUT2D eigenvalue weighted by Gasteiger charge is -2.34. The van der Waals surface area contributed by atoms with Gasteiger partial charge in [-0.05, 0) is 81.9 Å². The fourth-order valence-corrected chi connectivity index (χ4v) is 6.10. The zero-order valence-corrected chi connectivity index (χ0v) is 23.1. The fourth-order valence-electron chi connectivity index (χ4n) is 6.10. The van der Waals surface area contributed by atoms with E-state index in [1.807, 2.05) is 48.5 Å². The molecule has 210 valence electrons. The number of nitrogens with one attached hydrogen (secondary N) is 2. The second-order valence-corrected chi connectivity index (χ2v) is 10.4. The number of hydrogen-bond donors (Lipinski definition) is 4. The molecule has 0 aromatic heterocycles. The van der Waals surface area contributed by atoms with E-state index in [9.17, 15) is 10.4 Å². The maximum Gasteiger partial charge on any atom is 0.129 e. The molecule has 6 nitrogen and oxygen atoms in total. The fraction of sp³-hybridized carbons (Fsp3) is 0.0270. The third-order valence-corrected chi connectivity index (χ3v) is 7.92. The molecule has 0 saturated heterocycles. The Morgan fingerprint density at radius 2 is 0.837 bits per heavy atom. The lowest BCUT2D eigenvalue weighted by atomic mass is 9.68. The largest absolute Gasteiger partial charge is 0.457 e. The second kappa shape index (κ2) is 11.0. The first-order chi connectivity index (χ1) is 21.2. The topological polar surface area (TPSA) is 83.0 Å². The maximum atomic E-state index is 9.27. The minimum absolute atomic E-state index is 0.553. The summed E-state index contributed by atoms with van der Waals surface area (Å²) in [7, 11) is 0. The van der Waals surface area contributed by atoms with Crippen molar-refractivity contribution in [1.82, 2.24) is 0 Å². The highest BCUT2D eigenvalue weighted by atomic mass is 16.5. The summed E-state index contributed by atoms with van der Waals surface area (Å²) in [5, 5.41) is 18.5. The molecule has 0 aliphatic heterocycles. The molecule has 0 atom stereocenters. The van der Waals surface area contributed by atoms with E-state index in [2.05, 4.69) is 83.8 Å². The van der Waals surface area contributed by atoms with E-state index < -0.39 is 5.41 Å². The Hall–Kier alpha value is -5.56. The molecule has 6 aromatic carbocycles. The average molecular weight is 565 g/mol. The van der Waals surface area contributed by atoms with E-state index in [-0.39, 0.29) is 0 Å². The lowest BCUT2D eigenvalue weighted by Crippen LogP contribution is -2.28. The maximum absolute atomic E-state index is 9.27. The van der Waals surface area contributed by atoms with Gasteiger partial charge in [-0.25, -0.2) is 0 Å². The predicted octanol–water partition coefficient (Wildman–Crippen LogP) is 9.24. The molecule has 0 amide bonds. The Morgan fingerprint density at radius 3 is 1.26 bits per heavy atom. The summed E-state index contributed by atoms with van der Waals surface area (Å²) in [4.78, 5) is 0. The SMILES string of the molecule is ONc1cccc(Oc2ccc(C3(c4ccc(Oc5cccc(NO)c5)cc4)c4ccccc4-c4ccccc43)cc2)c1. The molecule has 4 N–H and O–H groups in total. The van der Waals surface area contributed by atoms with Crippen molar-refractivity contribution in [2.24, 2.45) is 0 Å². The highest BCUT2D eigenvalue weighted by Gasteiger charge is 2.45. The highest BCUT2D eigenvalue weighted by Crippen LogP contribution is 2.56. The van der Waals surface area contributed by atoms with Gasteiger partial charge >= 0.3 is 0 Å². The quantitative estimate of drug-likeness (QED) is 0.138. The average Bonchev–Trinajstić information content (AvgIpc) is 3.37. The van der Waals surface area contributed by atoms with Gasteiger partial charge < -0.3 is 9.47 Å². The van der Waals surface area contributed by atoms with Crippen molar-refractivity contribution in [2.75, 3.05) is 11.0 Å². The van der Waals surface area contributed by atoms with Crippen molar-refractivity contribution >= 4 is 11.4 Å². The summed E-state index contributed by atoms with van der Waals surface area (Å²) in [6.07, 6.45) is 0. The lowest BCUT2D eigenvalue weighted by molar-refractivity contribution is 0.388. The Bertz CT molecular complexity index is 1760. The van der Waals surface area contributed by atoms with Crippen LogP contribution in [0.3, 0.4) is 0 Å². The van der Waals surface area contributed by atoms with Crippen LogP contribution in [0.15, 0.2) is 146 Å². The Balaban J connectivity index is 1.32. The molecular formula is C37H28N2O4. The number of ether oxygens (including phenoxy) is 2. The van der Waals surface area contributed by atoms with Gasteiger partial charge in [0.2, 0.25) is 0 Å². The van der Waals surface area contributed by atoms with Gasteiger partial charge in [0, 0.05) is 12.1 Å². The zero-order chi connectivity index (χ0) is 29.2. The first kappa shape index (κ1) is 26.3. The summed E-state index contributed by atoms with van der Waals surface area (Å²) in [5.74, 6) is 2.62. The monoisotopic (exact) mass is 564 g/mol. The Morgan fingerprint density at radius 1 is 0.419 bits per heavy atom. The van der Waals surface area contributed by atoms with Gasteiger partial charge in [-0.2, -0.15) is 0 Å². The Labute approximate surface area is 249 Å². The molecule has 0 saturated carbocycles. The van der Waals surface area contributed by atoms with Gasteiger partial charge in [0.25, 0.3) is 0 Å². The number of benzene rings is 6. The van der Waals surface area contributed by atoms with Crippen LogP contribution in [0.2, 0.25) is 0 Å². The number of fused-ring (bicyclic) bond motifs is 3. The molecule has 0 heterocycles. The van der Waals surface area contributed by atoms with Gasteiger partial charge in [0.1, 0.15) is 23.0 Å². The van der Waals surface area contributed by atoms with Crippen LogP contribution in [-0.4, -0.2) is 10.4 Å². The van der Waals surface area contributed by atoms with Gasteiger partial charge in [-0.15, -0.1) is 0 Å². The molecule has 0 bridgehead atoms. The summed E-state index contributed by atoms with van der Waals surface area (Å²) in [5.41, 5.74) is 11.9. The Kier molecular flexibility index (Phi) is 6.75. The van der Waals surface area contributed by atoms with Crippen LogP contribution < -0.4 is 20.4 Å². The standard InChI is InChI=1S/C37H28N2O4/c40-38-27-7-5-9-31(23-27)42-29-19-15-25(16-20-29)37(35-13-3-1-11-33(35)34-12-2-4-14-36(34)37)26-17-21-30(22-18-26)43-32-10-6-8-28(24-32)39-41/h1-24,38-41H. The van der Waals surface area contributed by atoms with E-state index in [0.29, 0.717) is 34.4 Å². The summed E-state index contributed by atoms with van der Waals surface area (Å²) >= 11 is 0. The first-order valence-electron chi connectivity index (χ1n) is 14.0. The van der Waals surface area contributed by atoms with E-state index in [4.69, 9.17) is 9.47 Å². The van der Waals surface area contributed by atoms with Crippen LogP contribution >= 0.6 is 0 Å². The summed E-state index contributed by atoms with van der Waals surface area (Å²) in [6.45, 7) is 0. The third kappa shape index (κ3) is 4.65. The van der Waals surface area contributed by atoms with E-state index in [1.165, 1.54) is 22.3 Å². The molecule has 0 spiro atoms. The number of rotatable bonds is 8. The van der Waals surface area contributed by atoms with E-state index in [1.54, 1.807) is 24.3 Å².